The van der Waals surface area contributed by atoms with E-state index < -0.39 is 0 Å². The molecule has 0 bridgehead atoms. The highest BCUT2D eigenvalue weighted by atomic mass is 16.3. The number of rotatable bonds is 1. The number of phenolic OH excluding ortho intramolecular Hbond substituents is 1. The Balaban J connectivity index is 3.03. The van der Waals surface area contributed by atoms with Crippen molar-refractivity contribution in [2.24, 2.45) is 0 Å². The minimum absolute atomic E-state index is 0.000185. The molecule has 1 aromatic heterocycles. The number of hydrogen-bond donors (Lipinski definition) is 1. The standard InChI is InChI=1S/C10H6O4/c11-5-7-8(12)2-1-6-9(13)3-4-14-10(6)7/h1-5,12H. The molecule has 0 aliphatic carbocycles. The maximum atomic E-state index is 11.3. The topological polar surface area (TPSA) is 67.5 Å². The lowest BCUT2D eigenvalue weighted by atomic mass is 10.1. The van der Waals surface area contributed by atoms with Crippen molar-refractivity contribution in [1.29, 1.82) is 0 Å². The molecule has 2 aromatic rings. The fraction of sp³-hybridized carbons (Fsp3) is 0. The van der Waals surface area contributed by atoms with Crippen molar-refractivity contribution in [3.8, 4) is 5.75 Å². The van der Waals surface area contributed by atoms with E-state index in [0.717, 1.165) is 0 Å². The molecular formula is C10H6O4. The zero-order valence-electron chi connectivity index (χ0n) is 7.06. The minimum atomic E-state index is -0.241. The maximum absolute atomic E-state index is 11.3. The van der Waals surface area contributed by atoms with Gasteiger partial charge in [0.05, 0.1) is 17.2 Å². The van der Waals surface area contributed by atoms with Gasteiger partial charge in [-0.25, -0.2) is 0 Å². The second-order valence-electron chi connectivity index (χ2n) is 2.78. The quantitative estimate of drug-likeness (QED) is 0.688. The van der Waals surface area contributed by atoms with Crippen LogP contribution >= 0.6 is 0 Å². The molecule has 0 aliphatic heterocycles. The third-order valence-electron chi connectivity index (χ3n) is 1.96. The molecule has 4 heteroatoms. The van der Waals surface area contributed by atoms with Crippen LogP contribution in [0.1, 0.15) is 10.4 Å². The van der Waals surface area contributed by atoms with E-state index in [9.17, 15) is 14.7 Å². The van der Waals surface area contributed by atoms with Crippen molar-refractivity contribution in [2.45, 2.75) is 0 Å². The van der Waals surface area contributed by atoms with Crippen molar-refractivity contribution in [1.82, 2.24) is 0 Å². The summed E-state index contributed by atoms with van der Waals surface area (Å²) in [6, 6.07) is 3.97. The van der Waals surface area contributed by atoms with Crippen LogP contribution in [0.3, 0.4) is 0 Å². The van der Waals surface area contributed by atoms with Gasteiger partial charge in [-0.2, -0.15) is 0 Å². The van der Waals surface area contributed by atoms with Crippen LogP contribution in [0.2, 0.25) is 0 Å². The van der Waals surface area contributed by atoms with Crippen molar-refractivity contribution in [2.75, 3.05) is 0 Å². The van der Waals surface area contributed by atoms with Gasteiger partial charge in [-0.3, -0.25) is 9.59 Å². The number of hydrogen-bond acceptors (Lipinski definition) is 4. The molecule has 0 fully saturated rings. The first-order valence-corrected chi connectivity index (χ1v) is 3.92. The van der Waals surface area contributed by atoms with Crippen LogP contribution < -0.4 is 5.43 Å². The van der Waals surface area contributed by atoms with Crippen LogP contribution in [0.5, 0.6) is 5.75 Å². The molecule has 70 valence electrons. The molecule has 1 aromatic carbocycles. The van der Waals surface area contributed by atoms with Gasteiger partial charge < -0.3 is 9.52 Å². The molecular weight excluding hydrogens is 184 g/mol. The monoisotopic (exact) mass is 190 g/mol. The van der Waals surface area contributed by atoms with E-state index in [4.69, 9.17) is 4.42 Å². The molecule has 14 heavy (non-hydrogen) atoms. The molecule has 0 aliphatic rings. The maximum Gasteiger partial charge on any atom is 0.192 e. The number of fused-ring (bicyclic) bond motifs is 1. The molecule has 1 N–H and O–H groups in total. The smallest absolute Gasteiger partial charge is 0.192 e. The first kappa shape index (κ1) is 8.50. The van der Waals surface area contributed by atoms with Gasteiger partial charge >= 0.3 is 0 Å². The Morgan fingerprint density at radius 1 is 1.29 bits per heavy atom. The van der Waals surface area contributed by atoms with Crippen molar-refractivity contribution >= 4 is 17.3 Å². The summed E-state index contributed by atoms with van der Waals surface area (Å²) in [5.74, 6) is -0.193. The first-order valence-electron chi connectivity index (χ1n) is 3.92. The third kappa shape index (κ3) is 1.08. The fourth-order valence-corrected chi connectivity index (χ4v) is 1.28. The van der Waals surface area contributed by atoms with Crippen LogP contribution in [0, 0.1) is 0 Å². The van der Waals surface area contributed by atoms with Gasteiger partial charge in [-0.1, -0.05) is 0 Å². The summed E-state index contributed by atoms with van der Waals surface area (Å²) in [5, 5.41) is 9.59. The Labute approximate surface area is 78.4 Å². The fourth-order valence-electron chi connectivity index (χ4n) is 1.28. The summed E-state index contributed by atoms with van der Waals surface area (Å²) >= 11 is 0. The highest BCUT2D eigenvalue weighted by Gasteiger charge is 2.09. The summed E-state index contributed by atoms with van der Waals surface area (Å²) in [7, 11) is 0. The number of aromatic hydroxyl groups is 1. The molecule has 0 amide bonds. The molecule has 0 saturated heterocycles. The first-order chi connectivity index (χ1) is 6.74. The minimum Gasteiger partial charge on any atom is -0.507 e. The lowest BCUT2D eigenvalue weighted by Gasteiger charge is -2.00. The average Bonchev–Trinajstić information content (AvgIpc) is 2.18. The average molecular weight is 190 g/mol. The summed E-state index contributed by atoms with van der Waals surface area (Å²) in [4.78, 5) is 21.9. The second-order valence-corrected chi connectivity index (χ2v) is 2.78. The van der Waals surface area contributed by atoms with E-state index in [-0.39, 0.29) is 27.7 Å². The zero-order chi connectivity index (χ0) is 10.1. The molecule has 0 saturated carbocycles. The van der Waals surface area contributed by atoms with Gasteiger partial charge in [-0.05, 0) is 12.1 Å². The molecule has 0 spiro atoms. The van der Waals surface area contributed by atoms with Crippen LogP contribution in [0.15, 0.2) is 33.7 Å². The van der Waals surface area contributed by atoms with Crippen molar-refractivity contribution in [3.63, 3.8) is 0 Å². The Kier molecular flexibility index (Phi) is 1.81. The van der Waals surface area contributed by atoms with Crippen LogP contribution in [-0.4, -0.2) is 11.4 Å². The van der Waals surface area contributed by atoms with Crippen molar-refractivity contribution < 1.29 is 14.3 Å². The van der Waals surface area contributed by atoms with Crippen LogP contribution in [0.25, 0.3) is 11.0 Å². The number of benzene rings is 1. The van der Waals surface area contributed by atoms with Crippen LogP contribution in [0.4, 0.5) is 0 Å². The van der Waals surface area contributed by atoms with E-state index in [1.54, 1.807) is 0 Å². The summed E-state index contributed by atoms with van der Waals surface area (Å²) < 4.78 is 5.00. The van der Waals surface area contributed by atoms with Gasteiger partial charge in [0.15, 0.2) is 17.3 Å². The third-order valence-corrected chi connectivity index (χ3v) is 1.96. The predicted octanol–water partition coefficient (Wildman–Crippen LogP) is 1.31. The number of carbonyl (C=O) groups is 1. The van der Waals surface area contributed by atoms with E-state index in [2.05, 4.69) is 0 Å². The lowest BCUT2D eigenvalue weighted by Crippen LogP contribution is -1.99. The normalized spacial score (nSPS) is 10.3. The number of aldehydes is 1. The lowest BCUT2D eigenvalue weighted by molar-refractivity contribution is 0.112. The van der Waals surface area contributed by atoms with Gasteiger partial charge in [-0.15, -0.1) is 0 Å². The number of phenols is 1. The van der Waals surface area contributed by atoms with E-state index in [1.807, 2.05) is 0 Å². The Morgan fingerprint density at radius 2 is 2.07 bits per heavy atom. The highest BCUT2D eigenvalue weighted by molar-refractivity contribution is 5.96. The Bertz CT molecular complexity index is 554. The van der Waals surface area contributed by atoms with Gasteiger partial charge in [0.1, 0.15) is 5.75 Å². The summed E-state index contributed by atoms with van der Waals surface area (Å²) in [6.07, 6.45) is 1.65. The largest absolute Gasteiger partial charge is 0.507 e. The summed E-state index contributed by atoms with van der Waals surface area (Å²) in [5.41, 5.74) is -0.123. The Morgan fingerprint density at radius 3 is 2.79 bits per heavy atom. The van der Waals surface area contributed by atoms with E-state index in [0.29, 0.717) is 6.29 Å². The molecule has 2 rings (SSSR count). The van der Waals surface area contributed by atoms with E-state index >= 15 is 0 Å². The van der Waals surface area contributed by atoms with Crippen molar-refractivity contribution in [3.05, 3.63) is 40.2 Å². The molecule has 4 nitrogen and oxygen atoms in total. The van der Waals surface area contributed by atoms with Crippen LogP contribution in [-0.2, 0) is 0 Å². The van der Waals surface area contributed by atoms with Gasteiger partial charge in [0, 0.05) is 6.07 Å². The predicted molar refractivity (Wildman–Crippen MR) is 49.5 cm³/mol. The molecule has 0 radical (unpaired) electrons. The molecule has 1 heterocycles. The Hall–Kier alpha value is -2.10. The molecule has 0 atom stereocenters. The second kappa shape index (κ2) is 2.99. The van der Waals surface area contributed by atoms with Gasteiger partial charge in [0.2, 0.25) is 0 Å². The molecule has 0 unspecified atom stereocenters. The summed E-state index contributed by atoms with van der Waals surface area (Å²) in [6.45, 7) is 0. The SMILES string of the molecule is O=Cc1c(O)ccc2c(=O)ccoc12. The zero-order valence-corrected chi connectivity index (χ0v) is 7.06. The highest BCUT2D eigenvalue weighted by Crippen LogP contribution is 2.23. The van der Waals surface area contributed by atoms with E-state index in [1.165, 1.54) is 24.5 Å². The number of carbonyl (C=O) groups excluding carboxylic acids is 1. The van der Waals surface area contributed by atoms with Gasteiger partial charge in [0.25, 0.3) is 0 Å².